The van der Waals surface area contributed by atoms with Crippen molar-refractivity contribution in [3.8, 4) is 0 Å². The molecular formula is C29H35N3O3. The van der Waals surface area contributed by atoms with Crippen molar-refractivity contribution in [2.75, 3.05) is 24.5 Å². The Labute approximate surface area is 207 Å². The van der Waals surface area contributed by atoms with Gasteiger partial charge in [-0.05, 0) is 69.1 Å². The normalized spacial score (nSPS) is 22.4. The summed E-state index contributed by atoms with van der Waals surface area (Å²) in [7, 11) is 0. The van der Waals surface area contributed by atoms with E-state index in [2.05, 4.69) is 30.3 Å². The third kappa shape index (κ3) is 4.58. The number of anilines is 1. The number of hydrogen-bond donors (Lipinski definition) is 0. The van der Waals surface area contributed by atoms with Gasteiger partial charge in [0.15, 0.2) is 0 Å². The SMILES string of the molecule is C[C@@]12CCC(=O)N1c1ccccc1C(=O)N2CCCC(=O)N1CCC(CCc2ccccc2)CC1. The molecule has 35 heavy (non-hydrogen) atoms. The topological polar surface area (TPSA) is 60.9 Å². The highest BCUT2D eigenvalue weighted by Crippen LogP contribution is 2.44. The van der Waals surface area contributed by atoms with Crippen molar-refractivity contribution >= 4 is 23.4 Å². The van der Waals surface area contributed by atoms with E-state index in [4.69, 9.17) is 0 Å². The van der Waals surface area contributed by atoms with Crippen molar-refractivity contribution in [3.05, 3.63) is 65.7 Å². The predicted octanol–water partition coefficient (Wildman–Crippen LogP) is 4.64. The van der Waals surface area contributed by atoms with E-state index in [1.807, 2.05) is 34.9 Å². The Bertz CT molecular complexity index is 1090. The molecule has 3 aliphatic heterocycles. The first kappa shape index (κ1) is 23.6. The molecule has 6 nitrogen and oxygen atoms in total. The number of rotatable bonds is 7. The molecular weight excluding hydrogens is 438 g/mol. The summed E-state index contributed by atoms with van der Waals surface area (Å²) >= 11 is 0. The first-order valence-corrected chi connectivity index (χ1v) is 13.0. The minimum absolute atomic E-state index is 0.0410. The van der Waals surface area contributed by atoms with E-state index < -0.39 is 5.66 Å². The number of fused-ring (bicyclic) bond motifs is 3. The Morgan fingerprint density at radius 2 is 1.71 bits per heavy atom. The van der Waals surface area contributed by atoms with Crippen molar-refractivity contribution in [1.82, 2.24) is 9.80 Å². The van der Waals surface area contributed by atoms with Gasteiger partial charge in [-0.2, -0.15) is 0 Å². The second kappa shape index (κ2) is 9.84. The highest BCUT2D eigenvalue weighted by atomic mass is 16.2. The first-order valence-electron chi connectivity index (χ1n) is 13.0. The maximum absolute atomic E-state index is 13.3. The molecule has 1 atom stereocenters. The molecule has 0 aliphatic carbocycles. The lowest BCUT2D eigenvalue weighted by atomic mass is 9.90. The molecule has 0 radical (unpaired) electrons. The van der Waals surface area contributed by atoms with Crippen LogP contribution < -0.4 is 4.90 Å². The number of carbonyl (C=O) groups is 3. The number of nitrogens with zero attached hydrogens (tertiary/aromatic N) is 3. The van der Waals surface area contributed by atoms with E-state index in [0.717, 1.165) is 32.4 Å². The smallest absolute Gasteiger partial charge is 0.257 e. The van der Waals surface area contributed by atoms with Crippen LogP contribution in [-0.4, -0.2) is 52.8 Å². The minimum Gasteiger partial charge on any atom is -0.343 e. The number of para-hydroxylation sites is 1. The highest BCUT2D eigenvalue weighted by molar-refractivity contribution is 6.10. The Morgan fingerprint density at radius 1 is 1.00 bits per heavy atom. The summed E-state index contributed by atoms with van der Waals surface area (Å²) in [4.78, 5) is 44.6. The number of aryl methyl sites for hydroxylation is 1. The monoisotopic (exact) mass is 473 g/mol. The van der Waals surface area contributed by atoms with E-state index in [1.54, 1.807) is 11.0 Å². The quantitative estimate of drug-likeness (QED) is 0.589. The number of piperidine rings is 1. The molecule has 2 aromatic rings. The molecule has 0 aromatic heterocycles. The van der Waals surface area contributed by atoms with Crippen LogP contribution in [0, 0.1) is 5.92 Å². The molecule has 0 N–H and O–H groups in total. The molecule has 3 amide bonds. The van der Waals surface area contributed by atoms with Gasteiger partial charge >= 0.3 is 0 Å². The van der Waals surface area contributed by atoms with Crippen LogP contribution in [0.15, 0.2) is 54.6 Å². The van der Waals surface area contributed by atoms with E-state index in [1.165, 1.54) is 12.0 Å². The Balaban J connectivity index is 1.13. The average Bonchev–Trinajstić information content (AvgIpc) is 3.20. The first-order chi connectivity index (χ1) is 17.0. The number of amides is 3. The van der Waals surface area contributed by atoms with Crippen molar-refractivity contribution < 1.29 is 14.4 Å². The summed E-state index contributed by atoms with van der Waals surface area (Å²) in [5.74, 6) is 0.876. The van der Waals surface area contributed by atoms with Gasteiger partial charge in [0, 0.05) is 32.5 Å². The second-order valence-corrected chi connectivity index (χ2v) is 10.4. The molecule has 3 heterocycles. The minimum atomic E-state index is -0.650. The number of carbonyl (C=O) groups excluding carboxylic acids is 3. The van der Waals surface area contributed by atoms with Crippen LogP contribution >= 0.6 is 0 Å². The van der Waals surface area contributed by atoms with E-state index >= 15 is 0 Å². The van der Waals surface area contributed by atoms with Crippen molar-refractivity contribution in [2.24, 2.45) is 5.92 Å². The Kier molecular flexibility index (Phi) is 6.63. The highest BCUT2D eigenvalue weighted by Gasteiger charge is 2.52. The summed E-state index contributed by atoms with van der Waals surface area (Å²) in [6, 6.07) is 18.0. The zero-order valence-corrected chi connectivity index (χ0v) is 20.6. The molecule has 2 fully saturated rings. The van der Waals surface area contributed by atoms with Gasteiger partial charge in [0.2, 0.25) is 11.8 Å². The fourth-order valence-electron chi connectivity index (χ4n) is 6.07. The average molecular weight is 474 g/mol. The molecule has 3 aliphatic rings. The fraction of sp³-hybridized carbons (Fsp3) is 0.483. The maximum atomic E-state index is 13.3. The van der Waals surface area contributed by atoms with Crippen LogP contribution in [0.25, 0.3) is 0 Å². The molecule has 6 heteroatoms. The third-order valence-electron chi connectivity index (χ3n) is 8.17. The number of benzene rings is 2. The van der Waals surface area contributed by atoms with Crippen LogP contribution in [0.4, 0.5) is 5.69 Å². The zero-order valence-electron chi connectivity index (χ0n) is 20.6. The summed E-state index contributed by atoms with van der Waals surface area (Å²) in [6.45, 7) is 4.11. The van der Waals surface area contributed by atoms with E-state index in [0.29, 0.717) is 49.4 Å². The van der Waals surface area contributed by atoms with Gasteiger partial charge in [0.25, 0.3) is 5.91 Å². The lowest BCUT2D eigenvalue weighted by molar-refractivity contribution is -0.132. The number of hydrogen-bond acceptors (Lipinski definition) is 3. The van der Waals surface area contributed by atoms with Gasteiger partial charge in [-0.15, -0.1) is 0 Å². The molecule has 5 rings (SSSR count). The molecule has 0 bridgehead atoms. The Morgan fingerprint density at radius 3 is 2.49 bits per heavy atom. The zero-order chi connectivity index (χ0) is 24.4. The molecule has 2 aromatic carbocycles. The summed E-state index contributed by atoms with van der Waals surface area (Å²) in [5, 5.41) is 0. The second-order valence-electron chi connectivity index (χ2n) is 10.4. The van der Waals surface area contributed by atoms with Crippen LogP contribution in [0.2, 0.25) is 0 Å². The van der Waals surface area contributed by atoms with Crippen molar-refractivity contribution in [1.29, 1.82) is 0 Å². The van der Waals surface area contributed by atoms with E-state index in [9.17, 15) is 14.4 Å². The van der Waals surface area contributed by atoms with Crippen LogP contribution in [-0.2, 0) is 16.0 Å². The van der Waals surface area contributed by atoms with Crippen molar-refractivity contribution in [3.63, 3.8) is 0 Å². The third-order valence-corrected chi connectivity index (χ3v) is 8.17. The summed E-state index contributed by atoms with van der Waals surface area (Å²) in [5.41, 5.74) is 2.02. The van der Waals surface area contributed by atoms with Gasteiger partial charge in [0.05, 0.1) is 11.3 Å². The van der Waals surface area contributed by atoms with Crippen LogP contribution in [0.5, 0.6) is 0 Å². The molecule has 0 unspecified atom stereocenters. The van der Waals surface area contributed by atoms with Crippen LogP contribution in [0.3, 0.4) is 0 Å². The lowest BCUT2D eigenvalue weighted by Crippen LogP contribution is -2.62. The van der Waals surface area contributed by atoms with Crippen LogP contribution in [0.1, 0.15) is 67.8 Å². The van der Waals surface area contributed by atoms with Gasteiger partial charge < -0.3 is 9.80 Å². The molecule has 2 saturated heterocycles. The van der Waals surface area contributed by atoms with Gasteiger partial charge in [0.1, 0.15) is 5.66 Å². The molecule has 0 spiro atoms. The van der Waals surface area contributed by atoms with Crippen molar-refractivity contribution in [2.45, 2.75) is 64.0 Å². The number of likely N-dealkylation sites (tertiary alicyclic amines) is 1. The fourth-order valence-corrected chi connectivity index (χ4v) is 6.07. The van der Waals surface area contributed by atoms with Gasteiger partial charge in [-0.1, -0.05) is 42.5 Å². The lowest BCUT2D eigenvalue weighted by Gasteiger charge is -2.48. The summed E-state index contributed by atoms with van der Waals surface area (Å²) < 4.78 is 0. The predicted molar refractivity (Wildman–Crippen MR) is 136 cm³/mol. The van der Waals surface area contributed by atoms with Gasteiger partial charge in [-0.25, -0.2) is 0 Å². The molecule has 184 valence electrons. The van der Waals surface area contributed by atoms with E-state index in [-0.39, 0.29) is 17.7 Å². The standard InChI is InChI=1S/C29H35N3O3/c1-29-18-15-27(34)32(29)25-11-6-5-10-24(25)28(35)31(29)19-7-12-26(33)30-20-16-23(17-21-30)14-13-22-8-3-2-4-9-22/h2-6,8-11,23H,7,12-21H2,1H3/t29-/m0/s1. The molecule has 0 saturated carbocycles. The summed E-state index contributed by atoms with van der Waals surface area (Å²) in [6.07, 6.45) is 6.51. The maximum Gasteiger partial charge on any atom is 0.257 e. The van der Waals surface area contributed by atoms with Gasteiger partial charge in [-0.3, -0.25) is 19.3 Å². The largest absolute Gasteiger partial charge is 0.343 e. The Hall–Kier alpha value is -3.15.